The van der Waals surface area contributed by atoms with Gasteiger partial charge in [0.2, 0.25) is 5.91 Å². The molecule has 3 N–H and O–H groups in total. The Morgan fingerprint density at radius 1 is 1.36 bits per heavy atom. The Kier molecular flexibility index (Phi) is 5.32. The summed E-state index contributed by atoms with van der Waals surface area (Å²) in [5.41, 5.74) is 5.79. The second kappa shape index (κ2) is 8.04. The molecule has 3 aromatic heterocycles. The van der Waals surface area contributed by atoms with E-state index in [4.69, 9.17) is 4.98 Å². The van der Waals surface area contributed by atoms with Crippen molar-refractivity contribution in [3.8, 4) is 0 Å². The zero-order valence-corrected chi connectivity index (χ0v) is 16.4. The average Bonchev–Trinajstić information content (AvgIpc) is 3.34. The van der Waals surface area contributed by atoms with E-state index in [9.17, 15) is 4.79 Å². The summed E-state index contributed by atoms with van der Waals surface area (Å²) in [6.45, 7) is 4.27. The number of hydrogen-bond acceptors (Lipinski definition) is 4. The summed E-state index contributed by atoms with van der Waals surface area (Å²) >= 11 is 0. The van der Waals surface area contributed by atoms with Crippen molar-refractivity contribution in [3.63, 3.8) is 0 Å². The first-order valence-electron chi connectivity index (χ1n) is 10.1. The topological polar surface area (TPSA) is 87.1 Å². The molecule has 7 heteroatoms. The van der Waals surface area contributed by atoms with Crippen molar-refractivity contribution >= 4 is 22.7 Å². The van der Waals surface area contributed by atoms with Gasteiger partial charge in [-0.15, -0.1) is 0 Å². The van der Waals surface area contributed by atoms with E-state index in [0.29, 0.717) is 25.3 Å². The molecule has 0 spiro atoms. The Bertz CT molecular complexity index is 995. The molecule has 1 aliphatic rings. The largest absolute Gasteiger partial charge is 0.390 e. The SMILES string of the molecule is C=C(CNC(=O)CCc1c[nH]c2ncc3nc(C4CCCCC4)cn3c12)NC. The maximum Gasteiger partial charge on any atom is 0.220 e. The molecule has 7 nitrogen and oxygen atoms in total. The van der Waals surface area contributed by atoms with Crippen LogP contribution < -0.4 is 10.6 Å². The number of nitrogens with zero attached hydrogens (tertiary/aromatic N) is 3. The lowest BCUT2D eigenvalue weighted by Gasteiger charge is -2.19. The molecule has 1 saturated carbocycles. The van der Waals surface area contributed by atoms with Crippen molar-refractivity contribution in [2.24, 2.45) is 0 Å². The Morgan fingerprint density at radius 3 is 2.96 bits per heavy atom. The number of carbonyl (C=O) groups excluding carboxylic acids is 1. The third-order valence-corrected chi connectivity index (χ3v) is 5.71. The van der Waals surface area contributed by atoms with Crippen LogP contribution >= 0.6 is 0 Å². The summed E-state index contributed by atoms with van der Waals surface area (Å²) in [4.78, 5) is 24.8. The molecule has 0 aliphatic heterocycles. The molecule has 0 radical (unpaired) electrons. The van der Waals surface area contributed by atoms with E-state index >= 15 is 0 Å². The molecule has 3 aromatic rings. The number of H-pyrrole nitrogens is 1. The first-order valence-corrected chi connectivity index (χ1v) is 10.1. The monoisotopic (exact) mass is 380 g/mol. The fourth-order valence-electron chi connectivity index (χ4n) is 4.03. The summed E-state index contributed by atoms with van der Waals surface area (Å²) in [5.74, 6) is 0.566. The highest BCUT2D eigenvalue weighted by Gasteiger charge is 2.20. The molecular formula is C21H28N6O. The number of rotatable bonds is 7. The Balaban J connectivity index is 1.54. The van der Waals surface area contributed by atoms with E-state index in [1.807, 2.05) is 12.4 Å². The Hall–Kier alpha value is -2.83. The minimum absolute atomic E-state index is 0.0133. The maximum atomic E-state index is 12.1. The molecule has 148 valence electrons. The molecule has 1 amide bonds. The highest BCUT2D eigenvalue weighted by Crippen LogP contribution is 2.32. The summed E-state index contributed by atoms with van der Waals surface area (Å²) in [6.07, 6.45) is 13.4. The summed E-state index contributed by atoms with van der Waals surface area (Å²) in [6, 6.07) is 0. The van der Waals surface area contributed by atoms with Crippen LogP contribution in [0.25, 0.3) is 16.8 Å². The van der Waals surface area contributed by atoms with Gasteiger partial charge < -0.3 is 15.6 Å². The molecule has 1 aliphatic carbocycles. The normalized spacial score (nSPS) is 15.2. The molecule has 0 bridgehead atoms. The average molecular weight is 380 g/mol. The van der Waals surface area contributed by atoms with E-state index in [0.717, 1.165) is 28.1 Å². The number of aromatic amines is 1. The van der Waals surface area contributed by atoms with Crippen molar-refractivity contribution < 1.29 is 4.79 Å². The van der Waals surface area contributed by atoms with Crippen molar-refractivity contribution in [2.45, 2.75) is 50.9 Å². The fraction of sp³-hybridized carbons (Fsp3) is 0.476. The van der Waals surface area contributed by atoms with Crippen LogP contribution in [0.3, 0.4) is 0 Å². The summed E-state index contributed by atoms with van der Waals surface area (Å²) in [5, 5.41) is 5.81. The molecule has 0 aromatic carbocycles. The van der Waals surface area contributed by atoms with Gasteiger partial charge in [-0.2, -0.15) is 0 Å². The van der Waals surface area contributed by atoms with Crippen LogP contribution in [0.15, 0.2) is 30.9 Å². The summed E-state index contributed by atoms with van der Waals surface area (Å²) in [7, 11) is 1.80. The number of hydrogen-bond donors (Lipinski definition) is 3. The second-order valence-corrected chi connectivity index (χ2v) is 7.63. The van der Waals surface area contributed by atoms with Crippen LogP contribution in [0.5, 0.6) is 0 Å². The first-order chi connectivity index (χ1) is 13.7. The van der Waals surface area contributed by atoms with Gasteiger partial charge in [0.15, 0.2) is 11.3 Å². The second-order valence-electron chi connectivity index (χ2n) is 7.63. The Labute approximate surface area is 164 Å². The van der Waals surface area contributed by atoms with E-state index in [-0.39, 0.29) is 5.91 Å². The molecule has 0 unspecified atom stereocenters. The van der Waals surface area contributed by atoms with Crippen LogP contribution in [-0.2, 0) is 11.2 Å². The zero-order chi connectivity index (χ0) is 19.5. The van der Waals surface area contributed by atoms with E-state index in [1.165, 1.54) is 37.8 Å². The Morgan fingerprint density at radius 2 is 2.18 bits per heavy atom. The predicted octanol–water partition coefficient (Wildman–Crippen LogP) is 3.04. The number of aryl methyl sites for hydroxylation is 1. The van der Waals surface area contributed by atoms with E-state index in [2.05, 4.69) is 37.8 Å². The number of amides is 1. The number of likely N-dealkylation sites (N-methyl/N-ethyl adjacent to an activating group) is 1. The van der Waals surface area contributed by atoms with Crippen molar-refractivity contribution in [1.29, 1.82) is 0 Å². The molecule has 0 saturated heterocycles. The predicted molar refractivity (Wildman–Crippen MR) is 110 cm³/mol. The van der Waals surface area contributed by atoms with Gasteiger partial charge in [0, 0.05) is 37.5 Å². The maximum absolute atomic E-state index is 12.1. The minimum Gasteiger partial charge on any atom is -0.390 e. The van der Waals surface area contributed by atoms with Crippen LogP contribution in [0.2, 0.25) is 0 Å². The lowest BCUT2D eigenvalue weighted by molar-refractivity contribution is -0.120. The van der Waals surface area contributed by atoms with Gasteiger partial charge in [-0.3, -0.25) is 9.20 Å². The van der Waals surface area contributed by atoms with Gasteiger partial charge in [0.05, 0.1) is 24.0 Å². The first kappa shape index (κ1) is 18.5. The van der Waals surface area contributed by atoms with Crippen molar-refractivity contribution in [2.75, 3.05) is 13.6 Å². The van der Waals surface area contributed by atoms with Crippen LogP contribution in [-0.4, -0.2) is 38.9 Å². The highest BCUT2D eigenvalue weighted by atomic mass is 16.1. The molecular weight excluding hydrogens is 352 g/mol. The van der Waals surface area contributed by atoms with Gasteiger partial charge >= 0.3 is 0 Å². The summed E-state index contributed by atoms with van der Waals surface area (Å²) < 4.78 is 2.14. The van der Waals surface area contributed by atoms with Crippen LogP contribution in [0, 0.1) is 0 Å². The van der Waals surface area contributed by atoms with Gasteiger partial charge in [-0.05, 0) is 24.8 Å². The smallest absolute Gasteiger partial charge is 0.220 e. The molecule has 3 heterocycles. The number of aromatic nitrogens is 4. The highest BCUT2D eigenvalue weighted by molar-refractivity contribution is 5.81. The number of nitrogens with one attached hydrogen (secondary N) is 3. The number of carbonyl (C=O) groups is 1. The van der Waals surface area contributed by atoms with Gasteiger partial charge in [0.1, 0.15) is 0 Å². The quantitative estimate of drug-likeness (QED) is 0.588. The molecule has 4 rings (SSSR count). The molecule has 0 atom stereocenters. The lowest BCUT2D eigenvalue weighted by atomic mass is 9.87. The van der Waals surface area contributed by atoms with Gasteiger partial charge in [-0.25, -0.2) is 9.97 Å². The number of fused-ring (bicyclic) bond motifs is 3. The number of imidazole rings is 1. The van der Waals surface area contributed by atoms with Crippen molar-refractivity contribution in [1.82, 2.24) is 30.0 Å². The van der Waals surface area contributed by atoms with Crippen LogP contribution in [0.4, 0.5) is 0 Å². The third-order valence-electron chi connectivity index (χ3n) is 5.71. The van der Waals surface area contributed by atoms with Gasteiger partial charge in [-0.1, -0.05) is 25.8 Å². The van der Waals surface area contributed by atoms with Crippen molar-refractivity contribution in [3.05, 3.63) is 42.1 Å². The lowest BCUT2D eigenvalue weighted by Crippen LogP contribution is -2.28. The minimum atomic E-state index is 0.0133. The standard InChI is InChI=1S/C21H28N6O/c1-14(22-2)10-23-19(28)9-8-16-11-24-21-20(16)27-13-17(26-18(27)12-25-21)15-6-4-3-5-7-15/h11-13,15,22,24H,1,3-10H2,2H3,(H,23,28). The molecule has 28 heavy (non-hydrogen) atoms. The van der Waals surface area contributed by atoms with Gasteiger partial charge in [0.25, 0.3) is 0 Å². The molecule has 1 fully saturated rings. The van der Waals surface area contributed by atoms with E-state index in [1.54, 1.807) is 7.05 Å². The third kappa shape index (κ3) is 3.74. The fourth-order valence-corrected chi connectivity index (χ4v) is 4.03. The zero-order valence-electron chi connectivity index (χ0n) is 16.4. The van der Waals surface area contributed by atoms with E-state index < -0.39 is 0 Å². The van der Waals surface area contributed by atoms with Crippen LogP contribution in [0.1, 0.15) is 55.7 Å².